The predicted octanol–water partition coefficient (Wildman–Crippen LogP) is 9.14. The first-order valence-corrected chi connectivity index (χ1v) is 11.0. The lowest BCUT2D eigenvalue weighted by molar-refractivity contribution is 1.76. The van der Waals surface area contributed by atoms with E-state index in [9.17, 15) is 0 Å². The number of benzene rings is 7. The molecule has 0 heterocycles. The van der Waals surface area contributed by atoms with Crippen LogP contribution in [0.5, 0.6) is 0 Å². The molecule has 0 bridgehead atoms. The highest BCUT2D eigenvalue weighted by molar-refractivity contribution is 6.20. The summed E-state index contributed by atoms with van der Waals surface area (Å²) in [6, 6.07) is 47.4. The van der Waals surface area contributed by atoms with Gasteiger partial charge in [0, 0.05) is 0 Å². The van der Waals surface area contributed by atoms with Gasteiger partial charge in [-0.25, -0.2) is 0 Å². The summed E-state index contributed by atoms with van der Waals surface area (Å²) in [4.78, 5) is 0. The first kappa shape index (κ1) is 18.6. The Labute approximate surface area is 187 Å². The zero-order chi connectivity index (χ0) is 21.3. The first-order valence-electron chi connectivity index (χ1n) is 11.0. The maximum Gasteiger partial charge on any atom is -0.00268 e. The Kier molecular flexibility index (Phi) is 4.55. The Bertz CT molecular complexity index is 1550. The van der Waals surface area contributed by atoms with Gasteiger partial charge in [0.25, 0.3) is 0 Å². The quantitative estimate of drug-likeness (QED) is 0.174. The zero-order valence-electron chi connectivity index (χ0n) is 17.7. The lowest BCUT2D eigenvalue weighted by atomic mass is 9.97. The molecule has 0 amide bonds. The second-order valence-electron chi connectivity index (χ2n) is 8.22. The molecule has 0 atom stereocenters. The van der Waals surface area contributed by atoms with Gasteiger partial charge in [0.15, 0.2) is 0 Å². The van der Waals surface area contributed by atoms with Crippen LogP contribution in [0.2, 0.25) is 0 Å². The fourth-order valence-electron chi connectivity index (χ4n) is 4.66. The summed E-state index contributed by atoms with van der Waals surface area (Å²) >= 11 is 0. The molecule has 7 aromatic rings. The molecule has 0 radical (unpaired) electrons. The van der Waals surface area contributed by atoms with Crippen molar-refractivity contribution in [1.82, 2.24) is 0 Å². The van der Waals surface area contributed by atoms with Gasteiger partial charge in [-0.3, -0.25) is 0 Å². The van der Waals surface area contributed by atoms with Crippen molar-refractivity contribution in [2.75, 3.05) is 0 Å². The summed E-state index contributed by atoms with van der Waals surface area (Å²) in [6.07, 6.45) is 0. The number of hydrogen-bond acceptors (Lipinski definition) is 0. The average molecular weight is 407 g/mol. The minimum atomic E-state index is 1.31. The molecule has 0 saturated carbocycles. The standard InChI is InChI=1S/C18H12.C14H10/c1-3-7-16-13(5-1)9-11-15-12-10-14-6-2-4-8-17(14)18(15)16;1-2-6-12-10-14-8-4-3-7-13(14)9-11(12)5-1/h1-12H;1-10H. The van der Waals surface area contributed by atoms with Crippen molar-refractivity contribution in [3.63, 3.8) is 0 Å². The van der Waals surface area contributed by atoms with Gasteiger partial charge in [0.2, 0.25) is 0 Å². The van der Waals surface area contributed by atoms with E-state index in [1.807, 2.05) is 0 Å². The topological polar surface area (TPSA) is 0 Å². The van der Waals surface area contributed by atoms with Crippen molar-refractivity contribution in [2.24, 2.45) is 0 Å². The fourth-order valence-corrected chi connectivity index (χ4v) is 4.66. The van der Waals surface area contributed by atoms with Crippen LogP contribution in [0.25, 0.3) is 53.9 Å². The third kappa shape index (κ3) is 3.27. The van der Waals surface area contributed by atoms with Crippen molar-refractivity contribution < 1.29 is 0 Å². The average Bonchev–Trinajstić information content (AvgIpc) is 2.87. The van der Waals surface area contributed by atoms with E-state index in [-0.39, 0.29) is 0 Å². The third-order valence-electron chi connectivity index (χ3n) is 6.25. The second-order valence-corrected chi connectivity index (χ2v) is 8.22. The van der Waals surface area contributed by atoms with Gasteiger partial charge in [-0.05, 0) is 66.0 Å². The summed E-state index contributed by atoms with van der Waals surface area (Å²) in [7, 11) is 0. The summed E-state index contributed by atoms with van der Waals surface area (Å²) in [5, 5.41) is 13.2. The molecule has 32 heavy (non-hydrogen) atoms. The van der Waals surface area contributed by atoms with Crippen LogP contribution in [0.3, 0.4) is 0 Å². The smallest absolute Gasteiger partial charge is 0.00268 e. The molecule has 0 heteroatoms. The summed E-state index contributed by atoms with van der Waals surface area (Å²) in [5.41, 5.74) is 0. The van der Waals surface area contributed by atoms with Crippen molar-refractivity contribution in [1.29, 1.82) is 0 Å². The van der Waals surface area contributed by atoms with Crippen LogP contribution in [0.1, 0.15) is 0 Å². The van der Waals surface area contributed by atoms with E-state index < -0.39 is 0 Å². The molecule has 0 saturated heterocycles. The van der Waals surface area contributed by atoms with E-state index >= 15 is 0 Å². The molecule has 0 unspecified atom stereocenters. The molecule has 150 valence electrons. The van der Waals surface area contributed by atoms with Crippen LogP contribution in [0.4, 0.5) is 0 Å². The minimum absolute atomic E-state index is 1.31. The molecule has 7 rings (SSSR count). The summed E-state index contributed by atoms with van der Waals surface area (Å²) in [6.45, 7) is 0. The Morgan fingerprint density at radius 3 is 0.969 bits per heavy atom. The molecular weight excluding hydrogens is 384 g/mol. The van der Waals surface area contributed by atoms with Gasteiger partial charge in [0.05, 0.1) is 0 Å². The highest BCUT2D eigenvalue weighted by atomic mass is 14.1. The lowest BCUT2D eigenvalue weighted by Crippen LogP contribution is -1.80. The van der Waals surface area contributed by atoms with Crippen molar-refractivity contribution in [3.05, 3.63) is 133 Å². The largest absolute Gasteiger partial charge is 0.0616 e. The van der Waals surface area contributed by atoms with Crippen LogP contribution in [0.15, 0.2) is 133 Å². The Hall–Kier alpha value is -4.16. The zero-order valence-corrected chi connectivity index (χ0v) is 17.7. The van der Waals surface area contributed by atoms with Crippen LogP contribution in [-0.4, -0.2) is 0 Å². The van der Waals surface area contributed by atoms with E-state index in [1.54, 1.807) is 0 Å². The molecule has 0 N–H and O–H groups in total. The monoisotopic (exact) mass is 406 g/mol. The molecule has 0 aliphatic rings. The van der Waals surface area contributed by atoms with E-state index in [4.69, 9.17) is 0 Å². The van der Waals surface area contributed by atoms with Gasteiger partial charge in [-0.15, -0.1) is 0 Å². The highest BCUT2D eigenvalue weighted by Crippen LogP contribution is 2.31. The molecule has 0 fully saturated rings. The number of fused-ring (bicyclic) bond motifs is 7. The van der Waals surface area contributed by atoms with E-state index in [2.05, 4.69) is 133 Å². The fraction of sp³-hybridized carbons (Fsp3) is 0. The second kappa shape index (κ2) is 7.83. The maximum absolute atomic E-state index is 2.24. The van der Waals surface area contributed by atoms with Crippen LogP contribution in [0, 0.1) is 0 Å². The van der Waals surface area contributed by atoms with Crippen molar-refractivity contribution in [3.8, 4) is 0 Å². The highest BCUT2D eigenvalue weighted by Gasteiger charge is 2.04. The first-order chi connectivity index (χ1) is 15.9. The van der Waals surface area contributed by atoms with Gasteiger partial charge in [0.1, 0.15) is 0 Å². The van der Waals surface area contributed by atoms with Gasteiger partial charge < -0.3 is 0 Å². The summed E-state index contributed by atoms with van der Waals surface area (Å²) < 4.78 is 0. The van der Waals surface area contributed by atoms with Gasteiger partial charge in [-0.1, -0.05) is 121 Å². The van der Waals surface area contributed by atoms with Crippen molar-refractivity contribution in [2.45, 2.75) is 0 Å². The van der Waals surface area contributed by atoms with Crippen LogP contribution in [-0.2, 0) is 0 Å². The SMILES string of the molecule is c1ccc2c(c1)ccc1ccc3ccccc3c12.c1ccc2cc3ccccc3cc2c1. The van der Waals surface area contributed by atoms with Crippen LogP contribution >= 0.6 is 0 Å². The molecule has 0 aliphatic heterocycles. The van der Waals surface area contributed by atoms with Gasteiger partial charge in [-0.2, -0.15) is 0 Å². The van der Waals surface area contributed by atoms with E-state index in [0.29, 0.717) is 0 Å². The lowest BCUT2D eigenvalue weighted by Gasteiger charge is -2.07. The molecule has 0 nitrogen and oxygen atoms in total. The van der Waals surface area contributed by atoms with Gasteiger partial charge >= 0.3 is 0 Å². The van der Waals surface area contributed by atoms with Crippen LogP contribution < -0.4 is 0 Å². The number of hydrogen-bond donors (Lipinski definition) is 0. The molecule has 7 aromatic carbocycles. The van der Waals surface area contributed by atoms with E-state index in [0.717, 1.165) is 0 Å². The Morgan fingerprint density at radius 2 is 0.562 bits per heavy atom. The Balaban J connectivity index is 0.000000126. The Morgan fingerprint density at radius 1 is 0.250 bits per heavy atom. The predicted molar refractivity (Wildman–Crippen MR) is 140 cm³/mol. The molecular formula is C32H22. The molecule has 0 aromatic heterocycles. The van der Waals surface area contributed by atoms with Crippen molar-refractivity contribution >= 4 is 53.9 Å². The molecule has 0 spiro atoms. The normalized spacial score (nSPS) is 11.1. The third-order valence-corrected chi connectivity index (χ3v) is 6.25. The van der Waals surface area contributed by atoms with E-state index in [1.165, 1.54) is 53.9 Å². The molecule has 0 aliphatic carbocycles. The number of rotatable bonds is 0. The minimum Gasteiger partial charge on any atom is -0.0616 e. The maximum atomic E-state index is 2.24. The summed E-state index contributed by atoms with van der Waals surface area (Å²) in [5.74, 6) is 0.